The van der Waals surface area contributed by atoms with Gasteiger partial charge in [-0.25, -0.2) is 13.1 Å². The van der Waals surface area contributed by atoms with Gasteiger partial charge < -0.3 is 5.73 Å². The number of benzene rings is 1. The number of unbranched alkanes of at least 4 members (excludes halogenated alkanes) is 1. The highest BCUT2D eigenvalue weighted by molar-refractivity contribution is 7.89. The molecule has 0 unspecified atom stereocenters. The fourth-order valence-corrected chi connectivity index (χ4v) is 2.46. The van der Waals surface area contributed by atoms with Gasteiger partial charge in [-0.05, 0) is 37.1 Å². The van der Waals surface area contributed by atoms with Gasteiger partial charge in [-0.2, -0.15) is 13.2 Å². The molecule has 0 aliphatic rings. The largest absolute Gasteiger partial charge is 0.399 e. The second-order valence-corrected chi connectivity index (χ2v) is 5.81. The normalized spacial score (nSPS) is 12.6. The van der Waals surface area contributed by atoms with Crippen molar-refractivity contribution in [1.29, 1.82) is 0 Å². The molecule has 0 radical (unpaired) electrons. The van der Waals surface area contributed by atoms with Gasteiger partial charge in [0.25, 0.3) is 0 Å². The molecular weight excluding hydrogens is 281 g/mol. The van der Waals surface area contributed by atoms with Crippen molar-refractivity contribution in [2.75, 3.05) is 12.3 Å². The Morgan fingerprint density at radius 2 is 1.68 bits per heavy atom. The second kappa shape index (κ2) is 6.25. The first-order valence-corrected chi connectivity index (χ1v) is 7.11. The zero-order chi connectivity index (χ0) is 14.5. The topological polar surface area (TPSA) is 72.2 Å². The number of hydrogen-bond donors (Lipinski definition) is 2. The van der Waals surface area contributed by atoms with Crippen molar-refractivity contribution in [3.63, 3.8) is 0 Å². The van der Waals surface area contributed by atoms with Crippen molar-refractivity contribution in [1.82, 2.24) is 4.72 Å². The van der Waals surface area contributed by atoms with Crippen LogP contribution in [0.1, 0.15) is 19.3 Å². The fraction of sp³-hybridized carbons (Fsp3) is 0.455. The quantitative estimate of drug-likeness (QED) is 0.625. The SMILES string of the molecule is Nc1ccc(S(=O)(=O)NCCCCC(F)(F)F)cc1. The smallest absolute Gasteiger partial charge is 0.389 e. The molecule has 0 heterocycles. The Balaban J connectivity index is 2.42. The number of nitrogen functional groups attached to an aromatic ring is 1. The molecule has 0 fully saturated rings. The number of nitrogens with two attached hydrogens (primary N) is 1. The Morgan fingerprint density at radius 1 is 1.11 bits per heavy atom. The van der Waals surface area contributed by atoms with Crippen molar-refractivity contribution in [3.8, 4) is 0 Å². The van der Waals surface area contributed by atoms with Crippen LogP contribution in [-0.2, 0) is 10.0 Å². The number of sulfonamides is 1. The molecule has 3 N–H and O–H groups in total. The standard InChI is InChI=1S/C11H15F3N2O2S/c12-11(13,14)7-1-2-8-16-19(17,18)10-5-3-9(15)4-6-10/h3-6,16H,1-2,7-8,15H2. The van der Waals surface area contributed by atoms with Crippen LogP contribution in [-0.4, -0.2) is 21.1 Å². The van der Waals surface area contributed by atoms with Gasteiger partial charge in [0.1, 0.15) is 0 Å². The molecule has 0 amide bonds. The van der Waals surface area contributed by atoms with Crippen LogP contribution >= 0.6 is 0 Å². The monoisotopic (exact) mass is 296 g/mol. The van der Waals surface area contributed by atoms with Crippen LogP contribution in [0.3, 0.4) is 0 Å². The molecule has 0 atom stereocenters. The van der Waals surface area contributed by atoms with Crippen LogP contribution < -0.4 is 10.5 Å². The fourth-order valence-electron chi connectivity index (χ4n) is 1.39. The maximum absolute atomic E-state index is 11.9. The van der Waals surface area contributed by atoms with Gasteiger partial charge in [0.05, 0.1) is 4.90 Å². The van der Waals surface area contributed by atoms with Gasteiger partial charge in [-0.1, -0.05) is 0 Å². The zero-order valence-corrected chi connectivity index (χ0v) is 10.9. The van der Waals surface area contributed by atoms with Crippen LogP contribution in [0.25, 0.3) is 0 Å². The summed E-state index contributed by atoms with van der Waals surface area (Å²) in [6, 6.07) is 5.57. The first kappa shape index (κ1) is 15.8. The lowest BCUT2D eigenvalue weighted by Crippen LogP contribution is -2.25. The van der Waals surface area contributed by atoms with Crippen molar-refractivity contribution < 1.29 is 21.6 Å². The molecule has 0 aliphatic carbocycles. The van der Waals surface area contributed by atoms with E-state index in [1.54, 1.807) is 0 Å². The molecule has 0 spiro atoms. The molecule has 1 aromatic rings. The zero-order valence-electron chi connectivity index (χ0n) is 10.1. The summed E-state index contributed by atoms with van der Waals surface area (Å²) in [5, 5.41) is 0. The van der Waals surface area contributed by atoms with Crippen molar-refractivity contribution in [2.45, 2.75) is 30.3 Å². The Kier molecular flexibility index (Phi) is 5.19. The summed E-state index contributed by atoms with van der Waals surface area (Å²) in [4.78, 5) is 0.0394. The molecule has 4 nitrogen and oxygen atoms in total. The predicted molar refractivity (Wildman–Crippen MR) is 65.9 cm³/mol. The van der Waals surface area contributed by atoms with Crippen molar-refractivity contribution in [2.24, 2.45) is 0 Å². The Bertz CT molecular complexity index is 498. The van der Waals surface area contributed by atoms with Crippen LogP contribution in [0.2, 0.25) is 0 Å². The van der Waals surface area contributed by atoms with E-state index in [1.165, 1.54) is 24.3 Å². The van der Waals surface area contributed by atoms with Crippen LogP contribution in [0.5, 0.6) is 0 Å². The minimum absolute atomic E-state index is 0.0250. The van der Waals surface area contributed by atoms with E-state index < -0.39 is 22.6 Å². The summed E-state index contributed by atoms with van der Waals surface area (Å²) in [6.07, 6.45) is -5.08. The minimum Gasteiger partial charge on any atom is -0.399 e. The summed E-state index contributed by atoms with van der Waals surface area (Å²) >= 11 is 0. The van der Waals surface area contributed by atoms with E-state index >= 15 is 0 Å². The molecule has 0 saturated heterocycles. The number of alkyl halides is 3. The van der Waals surface area contributed by atoms with Crippen molar-refractivity contribution in [3.05, 3.63) is 24.3 Å². The maximum atomic E-state index is 11.9. The average Bonchev–Trinajstić information content (AvgIpc) is 2.27. The van der Waals surface area contributed by atoms with Crippen LogP contribution in [0, 0.1) is 0 Å². The second-order valence-electron chi connectivity index (χ2n) is 4.04. The molecule has 0 bridgehead atoms. The highest BCUT2D eigenvalue weighted by Gasteiger charge is 2.25. The molecule has 8 heteroatoms. The molecule has 0 aromatic heterocycles. The summed E-state index contributed by atoms with van der Waals surface area (Å²) in [7, 11) is -3.68. The summed E-state index contributed by atoms with van der Waals surface area (Å²) in [5.41, 5.74) is 5.86. The van der Waals surface area contributed by atoms with Gasteiger partial charge in [0.2, 0.25) is 10.0 Å². The molecule has 1 aromatic carbocycles. The number of nitrogens with one attached hydrogen (secondary N) is 1. The highest BCUT2D eigenvalue weighted by Crippen LogP contribution is 2.22. The average molecular weight is 296 g/mol. The molecular formula is C11H15F3N2O2S. The van der Waals surface area contributed by atoms with Gasteiger partial charge in [-0.15, -0.1) is 0 Å². The van der Waals surface area contributed by atoms with Gasteiger partial charge in [0, 0.05) is 18.7 Å². The molecule has 108 valence electrons. The van der Waals surface area contributed by atoms with E-state index in [0.29, 0.717) is 5.69 Å². The van der Waals surface area contributed by atoms with E-state index in [4.69, 9.17) is 5.73 Å². The first-order chi connectivity index (χ1) is 8.71. The van der Waals surface area contributed by atoms with E-state index in [1.807, 2.05) is 0 Å². The lowest BCUT2D eigenvalue weighted by atomic mass is 10.2. The third-order valence-electron chi connectivity index (χ3n) is 2.37. The molecule has 19 heavy (non-hydrogen) atoms. The van der Waals surface area contributed by atoms with Gasteiger partial charge in [0.15, 0.2) is 0 Å². The third-order valence-corrected chi connectivity index (χ3v) is 3.85. The van der Waals surface area contributed by atoms with Crippen LogP contribution in [0.15, 0.2) is 29.2 Å². The Labute approximate surface area is 109 Å². The van der Waals surface area contributed by atoms with E-state index in [9.17, 15) is 21.6 Å². The summed E-state index contributed by atoms with van der Waals surface area (Å²) in [5.74, 6) is 0. The third kappa shape index (κ3) is 5.93. The highest BCUT2D eigenvalue weighted by atomic mass is 32.2. The van der Waals surface area contributed by atoms with Crippen molar-refractivity contribution >= 4 is 15.7 Å². The molecule has 0 aliphatic heterocycles. The Hall–Kier alpha value is -1.28. The molecule has 0 saturated carbocycles. The summed E-state index contributed by atoms with van der Waals surface area (Å²) in [6.45, 7) is -0.0250. The number of anilines is 1. The molecule has 1 rings (SSSR count). The lowest BCUT2D eigenvalue weighted by Gasteiger charge is -2.08. The summed E-state index contributed by atoms with van der Waals surface area (Å²) < 4.78 is 61.3. The van der Waals surface area contributed by atoms with Gasteiger partial charge in [-0.3, -0.25) is 0 Å². The van der Waals surface area contributed by atoms with Crippen LogP contribution in [0.4, 0.5) is 18.9 Å². The number of hydrogen-bond acceptors (Lipinski definition) is 3. The lowest BCUT2D eigenvalue weighted by molar-refractivity contribution is -0.135. The van der Waals surface area contributed by atoms with E-state index in [0.717, 1.165) is 0 Å². The van der Waals surface area contributed by atoms with E-state index in [-0.39, 0.29) is 24.3 Å². The van der Waals surface area contributed by atoms with Gasteiger partial charge >= 0.3 is 6.18 Å². The Morgan fingerprint density at radius 3 is 2.21 bits per heavy atom. The number of halogens is 3. The predicted octanol–water partition coefficient (Wildman–Crippen LogP) is 2.28. The number of rotatable bonds is 6. The minimum atomic E-state index is -4.20. The first-order valence-electron chi connectivity index (χ1n) is 5.63. The maximum Gasteiger partial charge on any atom is 0.389 e. The van der Waals surface area contributed by atoms with E-state index in [2.05, 4.69) is 4.72 Å².